The minimum Gasteiger partial charge on any atom is -0.377 e. The first-order chi connectivity index (χ1) is 9.85. The molecule has 1 nitrogen and oxygen atoms in total. The van der Waals surface area contributed by atoms with Crippen molar-refractivity contribution in [3.63, 3.8) is 0 Å². The number of fused-ring (bicyclic) bond motifs is 2. The largest absolute Gasteiger partial charge is 0.377 e. The Hall–Kier alpha value is 0.310. The highest BCUT2D eigenvalue weighted by Gasteiger charge is 2.62. The highest BCUT2D eigenvalue weighted by Crippen LogP contribution is 2.66. The molecular formula is C19H36OS. The highest BCUT2D eigenvalue weighted by molar-refractivity contribution is 7.80. The first-order valence-corrected chi connectivity index (χ1v) is 9.71. The Morgan fingerprint density at radius 3 is 2.14 bits per heavy atom. The van der Waals surface area contributed by atoms with Crippen molar-refractivity contribution < 1.29 is 4.74 Å². The Bertz CT molecular complexity index is 345. The van der Waals surface area contributed by atoms with E-state index in [1.165, 1.54) is 44.9 Å². The van der Waals surface area contributed by atoms with Gasteiger partial charge in [-0.2, -0.15) is 12.6 Å². The van der Waals surface area contributed by atoms with Crippen LogP contribution in [0.5, 0.6) is 0 Å². The molecule has 0 aromatic heterocycles. The van der Waals surface area contributed by atoms with Crippen molar-refractivity contribution in [2.45, 2.75) is 85.7 Å². The zero-order chi connectivity index (χ0) is 15.7. The number of ether oxygens (including phenoxy) is 1. The van der Waals surface area contributed by atoms with E-state index in [1.54, 1.807) is 0 Å². The van der Waals surface area contributed by atoms with Gasteiger partial charge in [-0.05, 0) is 54.6 Å². The average Bonchev–Trinajstić information content (AvgIpc) is 2.78. The van der Waals surface area contributed by atoms with Gasteiger partial charge >= 0.3 is 0 Å². The van der Waals surface area contributed by atoms with Crippen molar-refractivity contribution in [1.29, 1.82) is 0 Å². The molecule has 3 unspecified atom stereocenters. The fourth-order valence-corrected chi connectivity index (χ4v) is 5.60. The molecule has 2 rings (SSSR count). The summed E-state index contributed by atoms with van der Waals surface area (Å²) in [6, 6.07) is 0. The fraction of sp³-hybridized carbons (Fsp3) is 1.00. The Kier molecular flexibility index (Phi) is 5.41. The van der Waals surface area contributed by atoms with Crippen LogP contribution in [0.4, 0.5) is 0 Å². The van der Waals surface area contributed by atoms with Gasteiger partial charge in [0.2, 0.25) is 0 Å². The van der Waals surface area contributed by atoms with E-state index in [4.69, 9.17) is 4.74 Å². The van der Waals surface area contributed by atoms with Gasteiger partial charge in [-0.15, -0.1) is 0 Å². The lowest BCUT2D eigenvalue weighted by Gasteiger charge is -2.41. The molecule has 0 heterocycles. The van der Waals surface area contributed by atoms with Gasteiger partial charge in [-0.25, -0.2) is 0 Å². The third kappa shape index (κ3) is 2.92. The predicted octanol–water partition coefficient (Wildman–Crippen LogP) is 5.73. The van der Waals surface area contributed by atoms with E-state index < -0.39 is 0 Å². The molecule has 2 fully saturated rings. The minimum absolute atomic E-state index is 0.301. The number of hydrogen-bond donors (Lipinski definition) is 1. The van der Waals surface area contributed by atoms with Crippen LogP contribution in [-0.2, 0) is 4.74 Å². The number of thiol groups is 1. The van der Waals surface area contributed by atoms with E-state index in [2.05, 4.69) is 47.2 Å². The zero-order valence-electron chi connectivity index (χ0n) is 14.9. The predicted molar refractivity (Wildman–Crippen MR) is 95.1 cm³/mol. The quantitative estimate of drug-likeness (QED) is 0.563. The second kappa shape index (κ2) is 6.43. The first kappa shape index (κ1) is 17.7. The molecule has 0 radical (unpaired) electrons. The monoisotopic (exact) mass is 312 g/mol. The van der Waals surface area contributed by atoms with E-state index in [0.717, 1.165) is 18.3 Å². The second-order valence-corrected chi connectivity index (χ2v) is 8.88. The highest BCUT2D eigenvalue weighted by atomic mass is 32.1. The third-order valence-corrected chi connectivity index (χ3v) is 7.87. The fourth-order valence-electron chi connectivity index (χ4n) is 5.19. The summed E-state index contributed by atoms with van der Waals surface area (Å²) in [5.74, 6) is 1.83. The molecule has 0 spiro atoms. The summed E-state index contributed by atoms with van der Waals surface area (Å²) in [4.78, 5) is 0. The van der Waals surface area contributed by atoms with Crippen molar-refractivity contribution in [2.75, 3.05) is 12.4 Å². The van der Waals surface area contributed by atoms with Crippen LogP contribution in [0.1, 0.15) is 79.6 Å². The average molecular weight is 313 g/mol. The molecule has 0 N–H and O–H groups in total. The maximum atomic E-state index is 6.59. The summed E-state index contributed by atoms with van der Waals surface area (Å²) >= 11 is 4.68. The van der Waals surface area contributed by atoms with Crippen LogP contribution in [0.25, 0.3) is 0 Å². The van der Waals surface area contributed by atoms with Gasteiger partial charge in [-0.1, -0.05) is 47.5 Å². The topological polar surface area (TPSA) is 9.23 Å². The van der Waals surface area contributed by atoms with Gasteiger partial charge in [0.15, 0.2) is 0 Å². The molecule has 2 bridgehead atoms. The molecule has 124 valence electrons. The lowest BCUT2D eigenvalue weighted by Crippen LogP contribution is -2.40. The van der Waals surface area contributed by atoms with Crippen LogP contribution in [0.2, 0.25) is 0 Å². The molecule has 0 saturated heterocycles. The summed E-state index contributed by atoms with van der Waals surface area (Å²) in [6.45, 7) is 12.9. The second-order valence-electron chi connectivity index (χ2n) is 8.57. The van der Waals surface area contributed by atoms with Gasteiger partial charge in [0.25, 0.3) is 0 Å². The summed E-state index contributed by atoms with van der Waals surface area (Å²) < 4.78 is 6.59. The molecule has 0 amide bonds. The van der Waals surface area contributed by atoms with Crippen molar-refractivity contribution in [3.8, 4) is 0 Å². The Morgan fingerprint density at radius 1 is 1.14 bits per heavy atom. The summed E-state index contributed by atoms with van der Waals surface area (Å²) in [6.07, 6.45) is 9.49. The lowest BCUT2D eigenvalue weighted by atomic mass is 9.70. The summed E-state index contributed by atoms with van der Waals surface area (Å²) in [5, 5.41) is 0. The van der Waals surface area contributed by atoms with Crippen LogP contribution in [0.15, 0.2) is 0 Å². The van der Waals surface area contributed by atoms with Crippen molar-refractivity contribution >= 4 is 12.6 Å². The van der Waals surface area contributed by atoms with E-state index in [1.807, 2.05) is 0 Å². The normalized spacial score (nSPS) is 34.6. The number of hydrogen-bond acceptors (Lipinski definition) is 2. The molecule has 0 aliphatic heterocycles. The molecule has 21 heavy (non-hydrogen) atoms. The molecule has 2 aliphatic rings. The molecule has 0 aromatic rings. The zero-order valence-corrected chi connectivity index (χ0v) is 15.8. The van der Waals surface area contributed by atoms with Gasteiger partial charge in [0, 0.05) is 5.41 Å². The van der Waals surface area contributed by atoms with Gasteiger partial charge < -0.3 is 4.74 Å². The van der Waals surface area contributed by atoms with E-state index >= 15 is 0 Å². The summed E-state index contributed by atoms with van der Waals surface area (Å²) in [7, 11) is 0. The van der Waals surface area contributed by atoms with E-state index in [0.29, 0.717) is 22.3 Å². The SMILES string of the molecule is CCCC(CS)(CCC)COC1CC2CCC1(C)C2(C)C. The van der Waals surface area contributed by atoms with Crippen LogP contribution < -0.4 is 0 Å². The van der Waals surface area contributed by atoms with E-state index in [9.17, 15) is 0 Å². The minimum atomic E-state index is 0.301. The van der Waals surface area contributed by atoms with Crippen LogP contribution in [0, 0.1) is 22.2 Å². The molecule has 2 aliphatic carbocycles. The maximum Gasteiger partial charge on any atom is 0.0637 e. The molecule has 0 aromatic carbocycles. The standard InChI is InChI=1S/C19H36OS/c1-6-9-19(14-21,10-7-2)13-20-16-12-15-8-11-18(16,5)17(15,3)4/h15-16,21H,6-14H2,1-5H3. The van der Waals surface area contributed by atoms with Gasteiger partial charge in [0.1, 0.15) is 0 Å². The Balaban J connectivity index is 2.02. The lowest BCUT2D eigenvalue weighted by molar-refractivity contribution is -0.0777. The number of rotatable bonds is 8. The first-order valence-electron chi connectivity index (χ1n) is 9.07. The molecule has 3 atom stereocenters. The van der Waals surface area contributed by atoms with Crippen LogP contribution in [-0.4, -0.2) is 18.5 Å². The Morgan fingerprint density at radius 2 is 1.76 bits per heavy atom. The van der Waals surface area contributed by atoms with Gasteiger partial charge in [-0.3, -0.25) is 0 Å². The summed E-state index contributed by atoms with van der Waals surface area (Å²) in [5.41, 5.74) is 1.14. The van der Waals surface area contributed by atoms with E-state index in [-0.39, 0.29) is 0 Å². The van der Waals surface area contributed by atoms with Crippen molar-refractivity contribution in [2.24, 2.45) is 22.2 Å². The third-order valence-electron chi connectivity index (χ3n) is 7.20. The molecule has 2 saturated carbocycles. The van der Waals surface area contributed by atoms with Crippen molar-refractivity contribution in [1.82, 2.24) is 0 Å². The van der Waals surface area contributed by atoms with Gasteiger partial charge in [0.05, 0.1) is 12.7 Å². The van der Waals surface area contributed by atoms with Crippen molar-refractivity contribution in [3.05, 3.63) is 0 Å². The molecular weight excluding hydrogens is 276 g/mol. The van der Waals surface area contributed by atoms with Crippen LogP contribution in [0.3, 0.4) is 0 Å². The molecule has 2 heteroatoms. The Labute approximate surface area is 138 Å². The van der Waals surface area contributed by atoms with Crippen LogP contribution >= 0.6 is 12.6 Å². The smallest absolute Gasteiger partial charge is 0.0637 e. The maximum absolute atomic E-state index is 6.59.